The molecule has 96 valence electrons. The summed E-state index contributed by atoms with van der Waals surface area (Å²) in [6, 6.07) is -0.00315. The topological polar surface area (TPSA) is 60.9 Å². The van der Waals surface area contributed by atoms with E-state index < -0.39 is 5.97 Å². The van der Waals surface area contributed by atoms with Crippen molar-refractivity contribution in [1.82, 2.24) is 9.80 Å². The van der Waals surface area contributed by atoms with Crippen LogP contribution in [0.2, 0.25) is 0 Å². The van der Waals surface area contributed by atoms with Gasteiger partial charge >= 0.3 is 5.97 Å². The summed E-state index contributed by atoms with van der Waals surface area (Å²) in [5, 5.41) is 8.82. The van der Waals surface area contributed by atoms with Crippen LogP contribution in [0.4, 0.5) is 0 Å². The largest absolute Gasteiger partial charge is 0.481 e. The first-order valence-electron chi connectivity index (χ1n) is 6.28. The number of aliphatic carboxylic acids is 1. The van der Waals surface area contributed by atoms with Crippen LogP contribution in [0.1, 0.15) is 25.7 Å². The van der Waals surface area contributed by atoms with E-state index in [1.54, 1.807) is 4.90 Å². The smallest absolute Gasteiger partial charge is 0.303 e. The fraction of sp³-hybridized carbons (Fsp3) is 0.833. The second-order valence-electron chi connectivity index (χ2n) is 5.17. The van der Waals surface area contributed by atoms with Crippen molar-refractivity contribution >= 4 is 11.9 Å². The average Bonchev–Trinajstić information content (AvgIpc) is 2.59. The monoisotopic (exact) mass is 240 g/mol. The summed E-state index contributed by atoms with van der Waals surface area (Å²) < 4.78 is 0. The first kappa shape index (κ1) is 12.4. The van der Waals surface area contributed by atoms with Crippen molar-refractivity contribution in [2.75, 3.05) is 26.7 Å². The van der Waals surface area contributed by atoms with Gasteiger partial charge in [-0.3, -0.25) is 14.5 Å². The second-order valence-corrected chi connectivity index (χ2v) is 5.17. The van der Waals surface area contributed by atoms with Crippen molar-refractivity contribution in [3.63, 3.8) is 0 Å². The van der Waals surface area contributed by atoms with Crippen molar-refractivity contribution < 1.29 is 14.7 Å². The van der Waals surface area contributed by atoms with Crippen molar-refractivity contribution in [3.8, 4) is 0 Å². The zero-order valence-corrected chi connectivity index (χ0v) is 10.3. The number of amides is 1. The first-order chi connectivity index (χ1) is 8.08. The lowest BCUT2D eigenvalue weighted by molar-refractivity contribution is -0.138. The van der Waals surface area contributed by atoms with Crippen molar-refractivity contribution in [3.05, 3.63) is 0 Å². The van der Waals surface area contributed by atoms with Gasteiger partial charge in [-0.1, -0.05) is 0 Å². The van der Waals surface area contributed by atoms with Crippen LogP contribution >= 0.6 is 0 Å². The minimum absolute atomic E-state index is 0.00315. The molecule has 0 aliphatic carbocycles. The Labute approximate surface area is 101 Å². The Morgan fingerprint density at radius 1 is 1.41 bits per heavy atom. The number of likely N-dealkylation sites (tertiary alicyclic amines) is 2. The molecule has 2 saturated heterocycles. The molecule has 0 radical (unpaired) electrons. The fourth-order valence-corrected chi connectivity index (χ4v) is 2.94. The highest BCUT2D eigenvalue weighted by atomic mass is 16.4. The zero-order chi connectivity index (χ0) is 12.4. The summed E-state index contributed by atoms with van der Waals surface area (Å²) in [7, 11) is 1.83. The highest BCUT2D eigenvalue weighted by Gasteiger charge is 2.36. The summed E-state index contributed by atoms with van der Waals surface area (Å²) in [5.41, 5.74) is 0. The molecule has 17 heavy (non-hydrogen) atoms. The van der Waals surface area contributed by atoms with Crippen LogP contribution in [0.5, 0.6) is 0 Å². The van der Waals surface area contributed by atoms with Crippen LogP contribution in [0.15, 0.2) is 0 Å². The lowest BCUT2D eigenvalue weighted by Crippen LogP contribution is -2.46. The highest BCUT2D eigenvalue weighted by Crippen LogP contribution is 2.25. The minimum Gasteiger partial charge on any atom is -0.481 e. The van der Waals surface area contributed by atoms with E-state index in [9.17, 15) is 9.59 Å². The molecule has 0 spiro atoms. The number of carbonyl (C=O) groups excluding carboxylic acids is 1. The number of carboxylic acids is 1. The van der Waals surface area contributed by atoms with Crippen molar-refractivity contribution in [2.24, 2.45) is 5.92 Å². The summed E-state index contributed by atoms with van der Waals surface area (Å²) in [4.78, 5) is 26.6. The van der Waals surface area contributed by atoms with E-state index in [-0.39, 0.29) is 24.3 Å². The molecule has 5 nitrogen and oxygen atoms in total. The molecule has 2 rings (SSSR count). The van der Waals surface area contributed by atoms with Gasteiger partial charge in [-0.2, -0.15) is 0 Å². The van der Waals surface area contributed by atoms with Crippen LogP contribution < -0.4 is 0 Å². The number of carboxylic acid groups (broad SMARTS) is 1. The molecule has 2 aliphatic rings. The van der Waals surface area contributed by atoms with E-state index in [0.717, 1.165) is 38.9 Å². The Hall–Kier alpha value is -1.10. The maximum absolute atomic E-state index is 11.9. The van der Waals surface area contributed by atoms with Gasteiger partial charge in [0.1, 0.15) is 0 Å². The van der Waals surface area contributed by atoms with Crippen LogP contribution in [0.25, 0.3) is 0 Å². The van der Waals surface area contributed by atoms with Crippen LogP contribution in [0, 0.1) is 5.92 Å². The molecule has 2 heterocycles. The van der Waals surface area contributed by atoms with Gasteiger partial charge in [0.05, 0.1) is 6.04 Å². The van der Waals surface area contributed by atoms with Crippen LogP contribution in [-0.4, -0.2) is 59.5 Å². The predicted molar refractivity (Wildman–Crippen MR) is 62.6 cm³/mol. The molecule has 2 atom stereocenters. The molecule has 0 bridgehead atoms. The summed E-state index contributed by atoms with van der Waals surface area (Å²) in [5.74, 6) is -0.326. The number of carbonyl (C=O) groups is 2. The summed E-state index contributed by atoms with van der Waals surface area (Å²) in [6.45, 7) is 2.51. The molecule has 1 amide bonds. The Morgan fingerprint density at radius 3 is 2.76 bits per heavy atom. The molecule has 2 aliphatic heterocycles. The zero-order valence-electron chi connectivity index (χ0n) is 10.3. The van der Waals surface area contributed by atoms with Crippen LogP contribution in [0.3, 0.4) is 0 Å². The lowest BCUT2D eigenvalue weighted by atomic mass is 9.93. The van der Waals surface area contributed by atoms with Gasteiger partial charge in [-0.15, -0.1) is 0 Å². The van der Waals surface area contributed by atoms with E-state index in [0.29, 0.717) is 0 Å². The normalized spacial score (nSPS) is 30.9. The maximum atomic E-state index is 11.9. The summed E-state index contributed by atoms with van der Waals surface area (Å²) >= 11 is 0. The molecule has 1 N–H and O–H groups in total. The second kappa shape index (κ2) is 5.04. The molecule has 2 unspecified atom stereocenters. The maximum Gasteiger partial charge on any atom is 0.303 e. The predicted octanol–water partition coefficient (Wildman–Crippen LogP) is 0.404. The molecule has 5 heteroatoms. The van der Waals surface area contributed by atoms with Crippen molar-refractivity contribution in [1.29, 1.82) is 0 Å². The van der Waals surface area contributed by atoms with Crippen LogP contribution in [-0.2, 0) is 9.59 Å². The highest BCUT2D eigenvalue weighted by molar-refractivity contribution is 5.83. The number of piperidine rings is 1. The molecular weight excluding hydrogens is 220 g/mol. The molecule has 2 fully saturated rings. The third-order valence-electron chi connectivity index (χ3n) is 3.85. The Morgan fingerprint density at radius 2 is 2.18 bits per heavy atom. The standard InChI is InChI=1S/C12H20N2O3/c1-13-6-4-10(12(13)17)14-5-2-3-9(8-14)7-11(15)16/h9-10H,2-8H2,1H3,(H,15,16). The lowest BCUT2D eigenvalue weighted by Gasteiger charge is -2.35. The van der Waals surface area contributed by atoms with Gasteiger partial charge in [0.25, 0.3) is 0 Å². The van der Waals surface area contributed by atoms with E-state index >= 15 is 0 Å². The van der Waals surface area contributed by atoms with Gasteiger partial charge < -0.3 is 10.0 Å². The molecule has 0 aromatic rings. The van der Waals surface area contributed by atoms with E-state index in [1.165, 1.54) is 0 Å². The quantitative estimate of drug-likeness (QED) is 0.776. The fourth-order valence-electron chi connectivity index (χ4n) is 2.94. The number of hydrogen-bond acceptors (Lipinski definition) is 3. The van der Waals surface area contributed by atoms with E-state index in [4.69, 9.17) is 5.11 Å². The first-order valence-corrected chi connectivity index (χ1v) is 6.28. The molecule has 0 saturated carbocycles. The van der Waals surface area contributed by atoms with Crippen molar-refractivity contribution in [2.45, 2.75) is 31.7 Å². The third-order valence-corrected chi connectivity index (χ3v) is 3.85. The van der Waals surface area contributed by atoms with Gasteiger partial charge in [-0.05, 0) is 31.7 Å². The Kier molecular flexibility index (Phi) is 3.66. The van der Waals surface area contributed by atoms with Gasteiger partial charge in [0, 0.05) is 26.6 Å². The van der Waals surface area contributed by atoms with Gasteiger partial charge in [0.2, 0.25) is 5.91 Å². The van der Waals surface area contributed by atoms with Gasteiger partial charge in [-0.25, -0.2) is 0 Å². The minimum atomic E-state index is -0.730. The Bertz CT molecular complexity index is 319. The average molecular weight is 240 g/mol. The number of hydrogen-bond donors (Lipinski definition) is 1. The number of likely N-dealkylation sites (N-methyl/N-ethyl adjacent to an activating group) is 1. The number of nitrogens with zero attached hydrogens (tertiary/aromatic N) is 2. The van der Waals surface area contributed by atoms with E-state index in [2.05, 4.69) is 4.90 Å². The SMILES string of the molecule is CN1CCC(N2CCCC(CC(=O)O)C2)C1=O. The molecule has 0 aromatic carbocycles. The van der Waals surface area contributed by atoms with E-state index in [1.807, 2.05) is 7.05 Å². The summed E-state index contributed by atoms with van der Waals surface area (Å²) in [6.07, 6.45) is 3.09. The number of rotatable bonds is 3. The Balaban J connectivity index is 1.93. The molecular formula is C12H20N2O3. The molecule has 0 aromatic heterocycles. The third kappa shape index (κ3) is 2.77. The van der Waals surface area contributed by atoms with Gasteiger partial charge in [0.15, 0.2) is 0 Å².